The summed E-state index contributed by atoms with van der Waals surface area (Å²) in [6, 6.07) is 17.9. The van der Waals surface area contributed by atoms with Crippen LogP contribution < -0.4 is 10.6 Å². The van der Waals surface area contributed by atoms with Crippen LogP contribution in [0.1, 0.15) is 64.0 Å². The lowest BCUT2D eigenvalue weighted by molar-refractivity contribution is -0.132. The van der Waals surface area contributed by atoms with E-state index in [2.05, 4.69) is 29.3 Å². The van der Waals surface area contributed by atoms with Crippen LogP contribution in [0.5, 0.6) is 0 Å². The van der Waals surface area contributed by atoms with Crippen molar-refractivity contribution < 1.29 is 19.1 Å². The van der Waals surface area contributed by atoms with E-state index in [1.54, 1.807) is 0 Å². The fraction of sp³-hybridized carbons (Fsp3) is 0.469. The number of hydrogen-bond donors (Lipinski definition) is 2. The van der Waals surface area contributed by atoms with Crippen molar-refractivity contribution in [3.8, 4) is 0 Å². The van der Waals surface area contributed by atoms with Gasteiger partial charge in [0.25, 0.3) is 0 Å². The predicted molar refractivity (Wildman–Crippen MR) is 155 cm³/mol. The van der Waals surface area contributed by atoms with Gasteiger partial charge in [0.15, 0.2) is 0 Å². The number of hydrogen-bond acceptors (Lipinski definition) is 4. The number of likely N-dealkylation sites (tertiary alicyclic amines) is 1. The van der Waals surface area contributed by atoms with Crippen LogP contribution in [0, 0.1) is 5.92 Å². The van der Waals surface area contributed by atoms with Gasteiger partial charge in [0.05, 0.1) is 0 Å². The highest BCUT2D eigenvalue weighted by molar-refractivity contribution is 5.85. The van der Waals surface area contributed by atoms with Crippen LogP contribution in [0.25, 0.3) is 0 Å². The first kappa shape index (κ1) is 29.9. The maximum Gasteiger partial charge on any atom is 0.412 e. The van der Waals surface area contributed by atoms with Gasteiger partial charge in [-0.3, -0.25) is 14.9 Å². The Morgan fingerprint density at radius 3 is 2.49 bits per heavy atom. The van der Waals surface area contributed by atoms with Gasteiger partial charge < -0.3 is 15.0 Å². The van der Waals surface area contributed by atoms with E-state index in [1.807, 2.05) is 74.2 Å². The zero-order valence-corrected chi connectivity index (χ0v) is 23.6. The number of benzene rings is 2. The van der Waals surface area contributed by atoms with Crippen LogP contribution in [0.4, 0.5) is 10.5 Å². The SMILES string of the molecule is C=CC[C@@H]1C[C@@H](CNC(=O)CCCc2cccc(NC(=O)OC(C)(C)C)c2)N(CCCc2ccccc2)C1=O. The summed E-state index contributed by atoms with van der Waals surface area (Å²) < 4.78 is 5.31. The average molecular weight is 534 g/mol. The van der Waals surface area contributed by atoms with Crippen molar-refractivity contribution >= 4 is 23.6 Å². The molecule has 0 unspecified atom stereocenters. The Morgan fingerprint density at radius 1 is 1.05 bits per heavy atom. The van der Waals surface area contributed by atoms with Crippen LogP contribution in [0.2, 0.25) is 0 Å². The van der Waals surface area contributed by atoms with Crippen LogP contribution in [0.3, 0.4) is 0 Å². The summed E-state index contributed by atoms with van der Waals surface area (Å²) in [6.45, 7) is 10.4. The minimum absolute atomic E-state index is 0.0118. The minimum Gasteiger partial charge on any atom is -0.444 e. The molecule has 2 atom stereocenters. The molecule has 0 saturated carbocycles. The number of anilines is 1. The molecule has 2 aromatic rings. The minimum atomic E-state index is -0.563. The zero-order valence-electron chi connectivity index (χ0n) is 23.6. The van der Waals surface area contributed by atoms with Gasteiger partial charge in [0.2, 0.25) is 11.8 Å². The third kappa shape index (κ3) is 10.2. The smallest absolute Gasteiger partial charge is 0.412 e. The Morgan fingerprint density at radius 2 is 1.77 bits per heavy atom. The number of amides is 3. The van der Waals surface area contributed by atoms with Gasteiger partial charge in [0.1, 0.15) is 5.60 Å². The van der Waals surface area contributed by atoms with Gasteiger partial charge in [-0.1, -0.05) is 48.5 Å². The molecule has 0 spiro atoms. The molecule has 3 rings (SSSR count). The van der Waals surface area contributed by atoms with Gasteiger partial charge in [0, 0.05) is 37.2 Å². The highest BCUT2D eigenvalue weighted by atomic mass is 16.6. The van der Waals surface area contributed by atoms with Gasteiger partial charge in [-0.05, 0) is 82.6 Å². The monoisotopic (exact) mass is 533 g/mol. The lowest BCUT2D eigenvalue weighted by atomic mass is 10.0. The van der Waals surface area contributed by atoms with E-state index in [-0.39, 0.29) is 23.8 Å². The van der Waals surface area contributed by atoms with Crippen molar-refractivity contribution in [3.63, 3.8) is 0 Å². The van der Waals surface area contributed by atoms with Crippen molar-refractivity contribution in [2.24, 2.45) is 5.92 Å². The fourth-order valence-corrected chi connectivity index (χ4v) is 4.95. The molecule has 1 aliphatic heterocycles. The summed E-state index contributed by atoms with van der Waals surface area (Å²) in [7, 11) is 0. The molecule has 2 aromatic carbocycles. The van der Waals surface area contributed by atoms with Gasteiger partial charge in [-0.2, -0.15) is 0 Å². The van der Waals surface area contributed by atoms with Crippen LogP contribution in [-0.4, -0.2) is 47.5 Å². The summed E-state index contributed by atoms with van der Waals surface area (Å²) in [6.07, 6.45) is 6.34. The van der Waals surface area contributed by atoms with E-state index >= 15 is 0 Å². The molecular weight excluding hydrogens is 490 g/mol. The van der Waals surface area contributed by atoms with Crippen LogP contribution in [0.15, 0.2) is 67.3 Å². The molecular formula is C32H43N3O4. The summed E-state index contributed by atoms with van der Waals surface area (Å²) in [5.41, 5.74) is 2.41. The molecule has 1 aliphatic rings. The lowest BCUT2D eigenvalue weighted by Gasteiger charge is -2.25. The summed E-state index contributed by atoms with van der Waals surface area (Å²) in [4.78, 5) is 39.6. The van der Waals surface area contributed by atoms with Gasteiger partial charge >= 0.3 is 6.09 Å². The van der Waals surface area contributed by atoms with Crippen molar-refractivity contribution in [3.05, 3.63) is 78.4 Å². The van der Waals surface area contributed by atoms with Crippen molar-refractivity contribution in [1.82, 2.24) is 10.2 Å². The van der Waals surface area contributed by atoms with E-state index in [1.165, 1.54) is 5.56 Å². The number of carbonyl (C=O) groups is 3. The molecule has 0 aromatic heterocycles. The van der Waals surface area contributed by atoms with Gasteiger partial charge in [-0.15, -0.1) is 6.58 Å². The van der Waals surface area contributed by atoms with E-state index in [0.717, 1.165) is 24.8 Å². The molecule has 210 valence electrons. The zero-order chi connectivity index (χ0) is 28.3. The van der Waals surface area contributed by atoms with Crippen LogP contribution >= 0.6 is 0 Å². The lowest BCUT2D eigenvalue weighted by Crippen LogP contribution is -2.42. The third-order valence-electron chi connectivity index (χ3n) is 6.76. The quantitative estimate of drug-likeness (QED) is 0.314. The van der Waals surface area contributed by atoms with E-state index < -0.39 is 11.7 Å². The molecule has 0 bridgehead atoms. The number of aryl methyl sites for hydroxylation is 2. The second-order valence-electron chi connectivity index (χ2n) is 11.2. The standard InChI is InChI=1S/C32H43N3O4/c1-5-12-26-22-28(35(30(26)37)20-11-17-24-13-7-6-8-14-24)23-33-29(36)19-10-16-25-15-9-18-27(21-25)34-31(38)39-32(2,3)4/h5-9,13-15,18,21,26,28H,1,10-12,16-17,19-20,22-23H2,2-4H3,(H,33,36)(H,34,38)/t26-,28+/m1/s1. The maximum absolute atomic E-state index is 13.0. The molecule has 7 nitrogen and oxygen atoms in total. The molecule has 0 radical (unpaired) electrons. The molecule has 1 saturated heterocycles. The Labute approximate surface area is 233 Å². The molecule has 0 aliphatic carbocycles. The molecule has 3 amide bonds. The number of allylic oxidation sites excluding steroid dienone is 1. The fourth-order valence-electron chi connectivity index (χ4n) is 4.95. The summed E-state index contributed by atoms with van der Waals surface area (Å²) >= 11 is 0. The van der Waals surface area contributed by atoms with Crippen LogP contribution in [-0.2, 0) is 27.2 Å². The highest BCUT2D eigenvalue weighted by Crippen LogP contribution is 2.28. The normalized spacial score (nSPS) is 17.1. The molecule has 1 heterocycles. The maximum atomic E-state index is 13.0. The summed E-state index contributed by atoms with van der Waals surface area (Å²) in [5, 5.41) is 5.81. The van der Waals surface area contributed by atoms with Gasteiger partial charge in [-0.25, -0.2) is 4.79 Å². The first-order valence-electron chi connectivity index (χ1n) is 14.0. The second-order valence-corrected chi connectivity index (χ2v) is 11.2. The predicted octanol–water partition coefficient (Wildman–Crippen LogP) is 5.90. The largest absolute Gasteiger partial charge is 0.444 e. The second kappa shape index (κ2) is 14.5. The Kier molecular flexibility index (Phi) is 11.1. The summed E-state index contributed by atoms with van der Waals surface area (Å²) in [5.74, 6) is 0.103. The molecule has 2 N–H and O–H groups in total. The number of nitrogens with one attached hydrogen (secondary N) is 2. The Bertz CT molecular complexity index is 1110. The number of nitrogens with zero attached hydrogens (tertiary/aromatic N) is 1. The van der Waals surface area contributed by atoms with Crippen molar-refractivity contribution in [2.75, 3.05) is 18.4 Å². The molecule has 1 fully saturated rings. The van der Waals surface area contributed by atoms with Crippen molar-refractivity contribution in [2.45, 2.75) is 77.4 Å². The Balaban J connectivity index is 1.44. The number of carbonyl (C=O) groups excluding carboxylic acids is 3. The highest BCUT2D eigenvalue weighted by Gasteiger charge is 2.38. The molecule has 39 heavy (non-hydrogen) atoms. The Hall–Kier alpha value is -3.61. The average Bonchev–Trinajstić information content (AvgIpc) is 3.17. The molecule has 7 heteroatoms. The van der Waals surface area contributed by atoms with Crippen molar-refractivity contribution in [1.29, 1.82) is 0 Å². The first-order valence-corrected chi connectivity index (χ1v) is 14.0. The van der Waals surface area contributed by atoms with E-state index in [0.29, 0.717) is 44.5 Å². The first-order chi connectivity index (χ1) is 18.6. The van der Waals surface area contributed by atoms with E-state index in [9.17, 15) is 14.4 Å². The topological polar surface area (TPSA) is 87.7 Å². The number of ether oxygens (including phenoxy) is 1. The van der Waals surface area contributed by atoms with E-state index in [4.69, 9.17) is 4.74 Å². The third-order valence-corrected chi connectivity index (χ3v) is 6.76. The number of rotatable bonds is 13.